The van der Waals surface area contributed by atoms with Gasteiger partial charge in [-0.15, -0.1) is 0 Å². The van der Waals surface area contributed by atoms with E-state index in [9.17, 15) is 4.79 Å². The number of aryl methyl sites for hydroxylation is 2. The zero-order valence-corrected chi connectivity index (χ0v) is 12.9. The van der Waals surface area contributed by atoms with E-state index in [2.05, 4.69) is 15.3 Å². The lowest BCUT2D eigenvalue weighted by molar-refractivity contribution is 0.0498. The fourth-order valence-corrected chi connectivity index (χ4v) is 2.86. The van der Waals surface area contributed by atoms with Gasteiger partial charge >= 0.3 is 0 Å². The summed E-state index contributed by atoms with van der Waals surface area (Å²) < 4.78 is 9.16. The number of aromatic nitrogens is 4. The smallest absolute Gasteiger partial charge is 0.272 e. The molecule has 22 heavy (non-hydrogen) atoms. The average Bonchev–Trinajstić information content (AvgIpc) is 3.14. The van der Waals surface area contributed by atoms with Crippen molar-refractivity contribution in [2.24, 2.45) is 20.0 Å². The molecule has 0 spiro atoms. The molecule has 7 nitrogen and oxygen atoms in total. The lowest BCUT2D eigenvalue weighted by atomic mass is 9.91. The van der Waals surface area contributed by atoms with Crippen molar-refractivity contribution in [2.45, 2.75) is 18.9 Å². The highest BCUT2D eigenvalue weighted by atomic mass is 16.5. The van der Waals surface area contributed by atoms with Crippen LogP contribution in [0, 0.1) is 5.92 Å². The Morgan fingerprint density at radius 2 is 2.14 bits per heavy atom. The monoisotopic (exact) mass is 303 g/mol. The van der Waals surface area contributed by atoms with E-state index in [1.807, 2.05) is 24.9 Å². The van der Waals surface area contributed by atoms with Crippen LogP contribution in [0.15, 0.2) is 24.9 Å². The first-order valence-corrected chi connectivity index (χ1v) is 7.49. The molecule has 0 aliphatic carbocycles. The van der Waals surface area contributed by atoms with Gasteiger partial charge in [-0.1, -0.05) is 0 Å². The van der Waals surface area contributed by atoms with E-state index in [1.165, 1.54) is 0 Å². The molecule has 118 valence electrons. The molecule has 1 fully saturated rings. The lowest BCUT2D eigenvalue weighted by Crippen LogP contribution is -2.37. The van der Waals surface area contributed by atoms with Crippen molar-refractivity contribution in [1.29, 1.82) is 0 Å². The molecule has 0 bridgehead atoms. The van der Waals surface area contributed by atoms with Crippen molar-refractivity contribution in [3.05, 3.63) is 36.4 Å². The third-order valence-electron chi connectivity index (χ3n) is 4.10. The molecule has 1 N–H and O–H groups in total. The molecule has 1 atom stereocenters. The molecule has 2 aromatic heterocycles. The van der Waals surface area contributed by atoms with E-state index >= 15 is 0 Å². The number of hydrogen-bond acceptors (Lipinski definition) is 4. The lowest BCUT2D eigenvalue weighted by Gasteiger charge is -2.30. The number of nitrogens with zero attached hydrogens (tertiary/aromatic N) is 4. The van der Waals surface area contributed by atoms with Gasteiger partial charge in [0.15, 0.2) is 0 Å². The van der Waals surface area contributed by atoms with Crippen molar-refractivity contribution in [3.63, 3.8) is 0 Å². The number of hydrogen-bond donors (Lipinski definition) is 1. The van der Waals surface area contributed by atoms with Crippen LogP contribution in [0.4, 0.5) is 0 Å². The maximum Gasteiger partial charge on any atom is 0.272 e. The average molecular weight is 303 g/mol. The summed E-state index contributed by atoms with van der Waals surface area (Å²) in [4.78, 5) is 21.0. The van der Waals surface area contributed by atoms with E-state index < -0.39 is 0 Å². The van der Waals surface area contributed by atoms with E-state index in [1.54, 1.807) is 23.3 Å². The third kappa shape index (κ3) is 3.04. The topological polar surface area (TPSA) is 74.0 Å². The minimum atomic E-state index is -0.167. The van der Waals surface area contributed by atoms with Crippen LogP contribution in [0.3, 0.4) is 0 Å². The van der Waals surface area contributed by atoms with E-state index in [0.29, 0.717) is 11.6 Å². The quantitative estimate of drug-likeness (QED) is 0.916. The molecule has 1 saturated heterocycles. The molecule has 1 unspecified atom stereocenters. The van der Waals surface area contributed by atoms with Crippen LogP contribution in [0.5, 0.6) is 0 Å². The summed E-state index contributed by atoms with van der Waals surface area (Å²) in [6.45, 7) is 1.45. The second kappa shape index (κ2) is 6.31. The largest absolute Gasteiger partial charge is 0.381 e. The highest BCUT2D eigenvalue weighted by Gasteiger charge is 2.30. The van der Waals surface area contributed by atoms with Crippen LogP contribution in [-0.4, -0.2) is 38.2 Å². The maximum absolute atomic E-state index is 12.5. The fourth-order valence-electron chi connectivity index (χ4n) is 2.86. The maximum atomic E-state index is 12.5. The second-order valence-corrected chi connectivity index (χ2v) is 5.72. The van der Waals surface area contributed by atoms with E-state index in [-0.39, 0.29) is 11.9 Å². The molecule has 2 aromatic rings. The van der Waals surface area contributed by atoms with Gasteiger partial charge in [0.1, 0.15) is 11.5 Å². The summed E-state index contributed by atoms with van der Waals surface area (Å²) in [5.74, 6) is 1.03. The van der Waals surface area contributed by atoms with Gasteiger partial charge in [0, 0.05) is 45.9 Å². The van der Waals surface area contributed by atoms with E-state index in [0.717, 1.165) is 31.9 Å². The molecule has 1 aliphatic rings. The van der Waals surface area contributed by atoms with Crippen molar-refractivity contribution in [1.82, 2.24) is 24.4 Å². The first-order valence-electron chi connectivity index (χ1n) is 7.49. The standard InChI is InChI=1S/C15H21N5O2/c1-19-9-12(17-10-19)15(21)18-13(11-3-7-22-8-4-11)14-16-5-6-20(14)2/h5-6,9-11,13H,3-4,7-8H2,1-2H3,(H,18,21). The number of carbonyl (C=O) groups is 1. The van der Waals surface area contributed by atoms with Crippen LogP contribution >= 0.6 is 0 Å². The number of nitrogens with one attached hydrogen (secondary N) is 1. The molecule has 0 aromatic carbocycles. The van der Waals surface area contributed by atoms with Crippen LogP contribution in [0.2, 0.25) is 0 Å². The summed E-state index contributed by atoms with van der Waals surface area (Å²) in [6, 6.07) is -0.126. The predicted molar refractivity (Wildman–Crippen MR) is 80.2 cm³/mol. The van der Waals surface area contributed by atoms with Crippen LogP contribution in [0.25, 0.3) is 0 Å². The molecule has 3 heterocycles. The summed E-state index contributed by atoms with van der Waals surface area (Å²) in [5.41, 5.74) is 0.425. The Labute approximate surface area is 129 Å². The fraction of sp³-hybridized carbons (Fsp3) is 0.533. The van der Waals surface area contributed by atoms with Crippen molar-refractivity contribution in [2.75, 3.05) is 13.2 Å². The predicted octanol–water partition coefficient (Wildman–Crippen LogP) is 1.05. The molecule has 0 radical (unpaired) electrons. The molecule has 1 aliphatic heterocycles. The van der Waals surface area contributed by atoms with Gasteiger partial charge in [-0.05, 0) is 18.8 Å². The van der Waals surface area contributed by atoms with Gasteiger partial charge in [-0.2, -0.15) is 0 Å². The molecule has 1 amide bonds. The molecule has 0 saturated carbocycles. The van der Waals surface area contributed by atoms with E-state index in [4.69, 9.17) is 4.74 Å². The Balaban J connectivity index is 1.82. The Hall–Kier alpha value is -2.15. The first-order chi connectivity index (χ1) is 10.6. The zero-order valence-electron chi connectivity index (χ0n) is 12.9. The highest BCUT2D eigenvalue weighted by Crippen LogP contribution is 2.29. The van der Waals surface area contributed by atoms with Crippen molar-refractivity contribution in [3.8, 4) is 0 Å². The third-order valence-corrected chi connectivity index (χ3v) is 4.10. The molecular formula is C15H21N5O2. The number of carbonyl (C=O) groups excluding carboxylic acids is 1. The van der Waals surface area contributed by atoms with Gasteiger partial charge < -0.3 is 19.2 Å². The number of ether oxygens (including phenoxy) is 1. The first kappa shape index (κ1) is 14.8. The van der Waals surface area contributed by atoms with Gasteiger partial charge in [-0.3, -0.25) is 4.79 Å². The zero-order chi connectivity index (χ0) is 15.5. The van der Waals surface area contributed by atoms with Crippen LogP contribution in [-0.2, 0) is 18.8 Å². The molecule has 3 rings (SSSR count). The summed E-state index contributed by atoms with van der Waals surface area (Å²) in [6.07, 6.45) is 8.83. The summed E-state index contributed by atoms with van der Waals surface area (Å²) in [5, 5.41) is 3.11. The van der Waals surface area contributed by atoms with Gasteiger partial charge in [-0.25, -0.2) is 9.97 Å². The van der Waals surface area contributed by atoms with Gasteiger partial charge in [0.25, 0.3) is 5.91 Å². The number of amides is 1. The molecular weight excluding hydrogens is 282 g/mol. The SMILES string of the molecule is Cn1cnc(C(=O)NC(c2nccn2C)C2CCOCC2)c1. The van der Waals surface area contributed by atoms with Crippen molar-refractivity contribution < 1.29 is 9.53 Å². The minimum Gasteiger partial charge on any atom is -0.381 e. The Morgan fingerprint density at radius 1 is 1.36 bits per heavy atom. The number of rotatable bonds is 4. The number of imidazole rings is 2. The Morgan fingerprint density at radius 3 is 2.73 bits per heavy atom. The van der Waals surface area contributed by atoms with Crippen LogP contribution < -0.4 is 5.32 Å². The summed E-state index contributed by atoms with van der Waals surface area (Å²) in [7, 11) is 3.79. The summed E-state index contributed by atoms with van der Waals surface area (Å²) >= 11 is 0. The van der Waals surface area contributed by atoms with Gasteiger partial charge in [0.05, 0.1) is 12.4 Å². The Kier molecular flexibility index (Phi) is 4.24. The molecule has 7 heteroatoms. The van der Waals surface area contributed by atoms with Crippen molar-refractivity contribution >= 4 is 5.91 Å². The minimum absolute atomic E-state index is 0.126. The second-order valence-electron chi connectivity index (χ2n) is 5.72. The normalized spacial score (nSPS) is 17.4. The van der Waals surface area contributed by atoms with Crippen LogP contribution in [0.1, 0.15) is 35.2 Å². The Bertz CT molecular complexity index is 642. The van der Waals surface area contributed by atoms with Gasteiger partial charge in [0.2, 0.25) is 0 Å². The highest BCUT2D eigenvalue weighted by molar-refractivity contribution is 5.92.